The highest BCUT2D eigenvalue weighted by Crippen LogP contribution is 2.22. The highest BCUT2D eigenvalue weighted by molar-refractivity contribution is 8.77. The number of nitrogens with one attached hydrogen (secondary N) is 5. The van der Waals surface area contributed by atoms with Gasteiger partial charge in [-0.25, -0.2) is 0 Å². The average molecular weight is 754 g/mol. The van der Waals surface area contributed by atoms with Crippen molar-refractivity contribution in [2.45, 2.75) is 95.7 Å². The molecule has 18 heteroatoms. The van der Waals surface area contributed by atoms with Crippen LogP contribution in [0.3, 0.4) is 0 Å². The number of rotatable bonds is 34. The number of hydrogen-bond acceptors (Lipinski definition) is 13. The summed E-state index contributed by atoms with van der Waals surface area (Å²) in [6, 6.07) is -0.911. The Hall–Kier alpha value is -1.41. The molecule has 0 saturated heterocycles. The van der Waals surface area contributed by atoms with E-state index in [2.05, 4.69) is 26.3 Å². The molecule has 0 heterocycles. The second-order valence-electron chi connectivity index (χ2n) is 11.3. The van der Waals surface area contributed by atoms with E-state index in [1.54, 1.807) is 43.2 Å². The van der Waals surface area contributed by atoms with Crippen molar-refractivity contribution in [3.63, 3.8) is 0 Å². The van der Waals surface area contributed by atoms with E-state index in [9.17, 15) is 14.4 Å². The summed E-state index contributed by atoms with van der Waals surface area (Å²) in [4.78, 5) is 40.4. The standard InChI is InChI=1S/C30H63N11O3S4/c1-2-7-28(43)41-23(22-38-16-20-47-48-21-17-39-29(44)25(32)9-5-13-40-30(35)36)12-14-37-15-19-46-45-18-6-10-26(42)24(31)8-3-4-11-27(33)34/h23-25,37-38H,2-22,31-32H2,1H3,(H3,33,34)(H,39,44)(H,41,43)(H4,35,36,40). The number of amidine groups is 1. The highest BCUT2D eigenvalue weighted by atomic mass is 33.1. The summed E-state index contributed by atoms with van der Waals surface area (Å²) >= 11 is 0. The van der Waals surface area contributed by atoms with Gasteiger partial charge in [0.05, 0.1) is 17.9 Å². The van der Waals surface area contributed by atoms with Crippen LogP contribution in [0.1, 0.15) is 77.6 Å². The van der Waals surface area contributed by atoms with E-state index in [-0.39, 0.29) is 35.4 Å². The number of Topliss-reactive ketones (excluding diaryl/α,β-unsaturated/α-hetero) is 1. The molecule has 0 aromatic carbocycles. The van der Waals surface area contributed by atoms with Crippen LogP contribution >= 0.6 is 43.2 Å². The lowest BCUT2D eigenvalue weighted by molar-refractivity contribution is -0.123. The lowest BCUT2D eigenvalue weighted by atomic mass is 10.0. The average Bonchev–Trinajstić information content (AvgIpc) is 3.04. The number of aliphatic imine (C=N–C) groups is 1. The van der Waals surface area contributed by atoms with Gasteiger partial charge in [-0.1, -0.05) is 56.5 Å². The molecule has 0 aromatic rings. The number of ketones is 1. The first-order valence-corrected chi connectivity index (χ1v) is 21.9. The number of guanidine groups is 1. The molecule has 0 aliphatic rings. The molecule has 280 valence electrons. The minimum Gasteiger partial charge on any atom is -0.388 e. The molecule has 0 saturated carbocycles. The molecule has 0 spiro atoms. The fourth-order valence-corrected chi connectivity index (χ4v) is 8.11. The molecule has 0 aliphatic heterocycles. The van der Waals surface area contributed by atoms with Crippen molar-refractivity contribution in [3.8, 4) is 0 Å². The van der Waals surface area contributed by atoms with Crippen molar-refractivity contribution >= 4 is 72.6 Å². The topological polar surface area (TPSA) is 266 Å². The zero-order valence-electron chi connectivity index (χ0n) is 28.8. The van der Waals surface area contributed by atoms with Crippen LogP contribution in [0.25, 0.3) is 0 Å². The van der Waals surface area contributed by atoms with Gasteiger partial charge in [0.15, 0.2) is 5.96 Å². The normalized spacial score (nSPS) is 13.0. The summed E-state index contributed by atoms with van der Waals surface area (Å²) in [5.41, 5.74) is 27.8. The first-order chi connectivity index (χ1) is 23.1. The number of hydrogen-bond donors (Lipinski definition) is 10. The molecule has 14 nitrogen and oxygen atoms in total. The molecule has 48 heavy (non-hydrogen) atoms. The van der Waals surface area contributed by atoms with Crippen molar-refractivity contribution in [2.75, 3.05) is 62.3 Å². The Kier molecular flexibility index (Phi) is 31.8. The van der Waals surface area contributed by atoms with E-state index in [0.717, 1.165) is 74.7 Å². The molecule has 0 bridgehead atoms. The fourth-order valence-electron chi connectivity index (χ4n) is 4.22. The molecular weight excluding hydrogens is 691 g/mol. The van der Waals surface area contributed by atoms with Gasteiger partial charge in [-0.3, -0.25) is 24.8 Å². The van der Waals surface area contributed by atoms with Crippen molar-refractivity contribution < 1.29 is 14.4 Å². The highest BCUT2D eigenvalue weighted by Gasteiger charge is 2.14. The van der Waals surface area contributed by atoms with Gasteiger partial charge in [0.25, 0.3) is 0 Å². The van der Waals surface area contributed by atoms with Crippen LogP contribution in [0, 0.1) is 5.41 Å². The molecule has 3 unspecified atom stereocenters. The molecule has 0 fully saturated rings. The molecule has 0 rings (SSSR count). The number of unbranched alkanes of at least 4 members (excludes halogenated alkanes) is 1. The van der Waals surface area contributed by atoms with E-state index in [1.165, 1.54) is 0 Å². The van der Waals surface area contributed by atoms with E-state index in [1.807, 2.05) is 6.92 Å². The van der Waals surface area contributed by atoms with Crippen LogP contribution in [0.2, 0.25) is 0 Å². The number of carbonyl (C=O) groups excluding carboxylic acids is 3. The van der Waals surface area contributed by atoms with E-state index in [4.69, 9.17) is 34.1 Å². The quantitative estimate of drug-likeness (QED) is 0.0192. The van der Waals surface area contributed by atoms with Gasteiger partial charge in [-0.05, 0) is 51.5 Å². The summed E-state index contributed by atoms with van der Waals surface area (Å²) < 4.78 is 0. The fraction of sp³-hybridized carbons (Fsp3) is 0.833. The predicted molar refractivity (Wildman–Crippen MR) is 211 cm³/mol. The lowest BCUT2D eigenvalue weighted by Gasteiger charge is -2.20. The molecule has 0 radical (unpaired) electrons. The van der Waals surface area contributed by atoms with Gasteiger partial charge in [0.1, 0.15) is 5.78 Å². The third kappa shape index (κ3) is 30.6. The Morgan fingerprint density at radius 3 is 2.04 bits per heavy atom. The third-order valence-electron chi connectivity index (χ3n) is 6.86. The van der Waals surface area contributed by atoms with Gasteiger partial charge in [-0.2, -0.15) is 0 Å². The van der Waals surface area contributed by atoms with Crippen molar-refractivity contribution in [2.24, 2.45) is 33.7 Å². The van der Waals surface area contributed by atoms with Crippen LogP contribution in [-0.4, -0.2) is 110 Å². The number of amides is 2. The monoisotopic (exact) mass is 753 g/mol. The Morgan fingerprint density at radius 2 is 1.38 bits per heavy atom. The predicted octanol–water partition coefficient (Wildman–Crippen LogP) is 1.27. The van der Waals surface area contributed by atoms with Crippen LogP contribution in [-0.2, 0) is 14.4 Å². The number of nitrogens with zero attached hydrogens (tertiary/aromatic N) is 1. The summed E-state index contributed by atoms with van der Waals surface area (Å²) in [6.45, 7) is 6.26. The van der Waals surface area contributed by atoms with E-state index >= 15 is 0 Å². The summed E-state index contributed by atoms with van der Waals surface area (Å²) in [5, 5.41) is 20.2. The van der Waals surface area contributed by atoms with Crippen molar-refractivity contribution in [1.29, 1.82) is 5.41 Å². The van der Waals surface area contributed by atoms with Gasteiger partial charge in [0, 0.05) is 81.0 Å². The minimum absolute atomic E-state index is 0.0401. The number of carbonyl (C=O) groups is 3. The SMILES string of the molecule is CCCC(=O)NC(CCNCCSSCCCC(=O)C(N)CCCCC(=N)N)CNCCSSCCNC(=O)C(N)CCCN=C(N)N. The Bertz CT molecular complexity index is 902. The van der Waals surface area contributed by atoms with Crippen LogP contribution < -0.4 is 49.9 Å². The molecule has 0 aliphatic carbocycles. The van der Waals surface area contributed by atoms with Gasteiger partial charge in [-0.15, -0.1) is 0 Å². The van der Waals surface area contributed by atoms with Gasteiger partial charge >= 0.3 is 0 Å². The first-order valence-electron chi connectivity index (χ1n) is 17.0. The molecular formula is C30H63N11O3S4. The Morgan fingerprint density at radius 1 is 0.729 bits per heavy atom. The van der Waals surface area contributed by atoms with Crippen LogP contribution in [0.15, 0.2) is 4.99 Å². The summed E-state index contributed by atoms with van der Waals surface area (Å²) in [5.74, 6) is 3.84. The largest absolute Gasteiger partial charge is 0.388 e. The Balaban J connectivity index is 3.93. The van der Waals surface area contributed by atoms with Crippen molar-refractivity contribution in [3.05, 3.63) is 0 Å². The van der Waals surface area contributed by atoms with Crippen molar-refractivity contribution in [1.82, 2.24) is 21.3 Å². The maximum Gasteiger partial charge on any atom is 0.236 e. The molecule has 2 amide bonds. The second-order valence-corrected chi connectivity index (χ2v) is 16.7. The summed E-state index contributed by atoms with van der Waals surface area (Å²) in [6.07, 6.45) is 7.55. The zero-order valence-corrected chi connectivity index (χ0v) is 32.0. The molecule has 3 atom stereocenters. The van der Waals surface area contributed by atoms with Crippen LogP contribution in [0.4, 0.5) is 0 Å². The lowest BCUT2D eigenvalue weighted by Crippen LogP contribution is -2.44. The molecule has 0 aromatic heterocycles. The second kappa shape index (κ2) is 32.8. The zero-order chi connectivity index (χ0) is 35.8. The van der Waals surface area contributed by atoms with E-state index < -0.39 is 12.1 Å². The summed E-state index contributed by atoms with van der Waals surface area (Å²) in [7, 11) is 7.03. The van der Waals surface area contributed by atoms with Gasteiger partial charge in [0.2, 0.25) is 11.8 Å². The number of nitrogens with two attached hydrogens (primary N) is 5. The third-order valence-corrected chi connectivity index (χ3v) is 11.8. The smallest absolute Gasteiger partial charge is 0.236 e. The minimum atomic E-state index is -0.563. The maximum absolute atomic E-state index is 12.2. The Labute approximate surface area is 304 Å². The van der Waals surface area contributed by atoms with Crippen LogP contribution in [0.5, 0.6) is 0 Å². The first kappa shape index (κ1) is 46.6. The van der Waals surface area contributed by atoms with E-state index in [0.29, 0.717) is 58.2 Å². The van der Waals surface area contributed by atoms with Gasteiger partial charge < -0.3 is 49.9 Å². The molecule has 15 N–H and O–H groups in total. The maximum atomic E-state index is 12.2.